The van der Waals surface area contributed by atoms with Gasteiger partial charge < -0.3 is 9.47 Å². The first-order valence-electron chi connectivity index (χ1n) is 10.9. The summed E-state index contributed by atoms with van der Waals surface area (Å²) in [6, 6.07) is 4.71. The van der Waals surface area contributed by atoms with Crippen LogP contribution >= 0.6 is 0 Å². The summed E-state index contributed by atoms with van der Waals surface area (Å²) in [6.45, 7) is 5.76. The summed E-state index contributed by atoms with van der Waals surface area (Å²) < 4.78 is 102. The van der Waals surface area contributed by atoms with Crippen molar-refractivity contribution < 1.29 is 35.8 Å². The highest BCUT2D eigenvalue weighted by Gasteiger charge is 2.65. The summed E-state index contributed by atoms with van der Waals surface area (Å²) >= 11 is 0. The van der Waals surface area contributed by atoms with Gasteiger partial charge in [-0.3, -0.25) is 0 Å². The van der Waals surface area contributed by atoms with Gasteiger partial charge in [0.15, 0.2) is 6.29 Å². The van der Waals surface area contributed by atoms with Gasteiger partial charge in [-0.1, -0.05) is 43.7 Å². The Labute approximate surface area is 188 Å². The number of rotatable bonds is 6. The smallest absolute Gasteiger partial charge is 0.343 e. The normalized spacial score (nSPS) is 23.0. The molecule has 0 unspecified atom stereocenters. The van der Waals surface area contributed by atoms with E-state index in [-0.39, 0.29) is 31.1 Å². The number of alkyl halides is 4. The van der Waals surface area contributed by atoms with Crippen molar-refractivity contribution in [2.24, 2.45) is 5.92 Å². The topological polar surface area (TPSA) is 18.5 Å². The molecular formula is C25H24F6O2. The second kappa shape index (κ2) is 8.80. The molecule has 0 aromatic heterocycles. The number of hydrogen-bond acceptors (Lipinski definition) is 2. The van der Waals surface area contributed by atoms with Gasteiger partial charge in [0.25, 0.3) is 0 Å². The molecule has 1 heterocycles. The molecule has 8 heteroatoms. The van der Waals surface area contributed by atoms with Gasteiger partial charge in [-0.15, -0.1) is 6.58 Å². The first kappa shape index (κ1) is 23.8. The highest BCUT2D eigenvalue weighted by Crippen LogP contribution is 2.59. The number of benzene rings is 2. The lowest BCUT2D eigenvalue weighted by Gasteiger charge is -2.37. The average Bonchev–Trinajstić information content (AvgIpc) is 2.78. The first-order chi connectivity index (χ1) is 15.6. The van der Waals surface area contributed by atoms with E-state index < -0.39 is 57.6 Å². The van der Waals surface area contributed by atoms with Crippen molar-refractivity contribution in [2.75, 3.05) is 13.2 Å². The molecule has 0 N–H and O–H groups in total. The van der Waals surface area contributed by atoms with Gasteiger partial charge in [0.05, 0.1) is 24.3 Å². The van der Waals surface area contributed by atoms with Crippen LogP contribution in [0.1, 0.15) is 54.7 Å². The van der Waals surface area contributed by atoms with Crippen molar-refractivity contribution in [1.29, 1.82) is 0 Å². The molecule has 1 aliphatic carbocycles. The van der Waals surface area contributed by atoms with E-state index in [1.807, 2.05) is 0 Å². The Kier molecular flexibility index (Phi) is 6.35. The third-order valence-electron chi connectivity index (χ3n) is 6.23. The van der Waals surface area contributed by atoms with Gasteiger partial charge in [0, 0.05) is 11.5 Å². The van der Waals surface area contributed by atoms with Crippen LogP contribution in [0.15, 0.2) is 36.9 Å². The second-order valence-corrected chi connectivity index (χ2v) is 8.48. The Hall–Kier alpha value is -2.32. The number of hydrogen-bond donors (Lipinski definition) is 0. The van der Waals surface area contributed by atoms with E-state index in [1.165, 1.54) is 12.1 Å². The molecule has 1 fully saturated rings. The van der Waals surface area contributed by atoms with Crippen LogP contribution in [-0.4, -0.2) is 13.2 Å². The lowest BCUT2D eigenvalue weighted by molar-refractivity contribution is -0.229. The Morgan fingerprint density at radius 2 is 1.52 bits per heavy atom. The van der Waals surface area contributed by atoms with E-state index in [4.69, 9.17) is 9.47 Å². The third-order valence-corrected chi connectivity index (χ3v) is 6.23. The Morgan fingerprint density at radius 1 is 0.939 bits per heavy atom. The molecular weight excluding hydrogens is 446 g/mol. The monoisotopic (exact) mass is 470 g/mol. The molecule has 2 aromatic carbocycles. The second-order valence-electron chi connectivity index (χ2n) is 8.48. The van der Waals surface area contributed by atoms with E-state index >= 15 is 22.0 Å². The molecule has 1 aliphatic heterocycles. The van der Waals surface area contributed by atoms with Crippen LogP contribution in [0.25, 0.3) is 11.1 Å². The van der Waals surface area contributed by atoms with Gasteiger partial charge in [0.1, 0.15) is 11.6 Å². The Balaban J connectivity index is 1.78. The fourth-order valence-electron chi connectivity index (χ4n) is 4.48. The zero-order valence-electron chi connectivity index (χ0n) is 18.1. The molecule has 33 heavy (non-hydrogen) atoms. The molecule has 2 aromatic rings. The first-order valence-corrected chi connectivity index (χ1v) is 10.9. The summed E-state index contributed by atoms with van der Waals surface area (Å²) in [5.41, 5.74) is -4.25. The third kappa shape index (κ3) is 3.77. The fourth-order valence-corrected chi connectivity index (χ4v) is 4.48. The zero-order chi connectivity index (χ0) is 24.0. The van der Waals surface area contributed by atoms with E-state index in [9.17, 15) is 4.39 Å². The Bertz CT molecular complexity index is 1060. The van der Waals surface area contributed by atoms with Gasteiger partial charge >= 0.3 is 11.8 Å². The van der Waals surface area contributed by atoms with E-state index in [0.29, 0.717) is 6.42 Å². The summed E-state index contributed by atoms with van der Waals surface area (Å²) in [5, 5.41) is 0. The predicted molar refractivity (Wildman–Crippen MR) is 111 cm³/mol. The molecule has 0 radical (unpaired) electrons. The van der Waals surface area contributed by atoms with Gasteiger partial charge in [0.2, 0.25) is 0 Å². The van der Waals surface area contributed by atoms with E-state index in [2.05, 4.69) is 6.58 Å². The number of aryl methyl sites for hydroxylation is 1. The summed E-state index contributed by atoms with van der Waals surface area (Å²) in [4.78, 5) is 0. The lowest BCUT2D eigenvalue weighted by Crippen LogP contribution is -2.41. The maximum atomic E-state index is 15.4. The number of halogens is 6. The Morgan fingerprint density at radius 3 is 2.09 bits per heavy atom. The summed E-state index contributed by atoms with van der Waals surface area (Å²) in [6.07, 6.45) is 2.46. The quantitative estimate of drug-likeness (QED) is 0.323. The minimum atomic E-state index is -4.97. The lowest BCUT2D eigenvalue weighted by atomic mass is 9.78. The molecule has 0 saturated carbocycles. The molecule has 4 rings (SSSR count). The molecule has 0 spiro atoms. The van der Waals surface area contributed by atoms with Crippen LogP contribution in [0.4, 0.5) is 26.3 Å². The molecule has 2 aliphatic rings. The predicted octanol–water partition coefficient (Wildman–Crippen LogP) is 7.41. The van der Waals surface area contributed by atoms with E-state index in [0.717, 1.165) is 25.0 Å². The van der Waals surface area contributed by atoms with Crippen LogP contribution in [-0.2, 0) is 27.7 Å². The SMILES string of the molecule is C=CCCC1COC(c2ccc3c(c2F)C(F)(F)C(F)(F)c2c-3ccc(CCC)c2F)OC1. The van der Waals surface area contributed by atoms with Crippen molar-refractivity contribution in [3.63, 3.8) is 0 Å². The van der Waals surface area contributed by atoms with E-state index in [1.54, 1.807) is 13.0 Å². The van der Waals surface area contributed by atoms with Crippen LogP contribution < -0.4 is 0 Å². The minimum Gasteiger partial charge on any atom is -0.348 e. The highest BCUT2D eigenvalue weighted by atomic mass is 19.3. The van der Waals surface area contributed by atoms with Crippen molar-refractivity contribution in [2.45, 2.75) is 50.7 Å². The number of allylic oxidation sites excluding steroid dienone is 1. The van der Waals surface area contributed by atoms with Crippen molar-refractivity contribution in [1.82, 2.24) is 0 Å². The molecule has 0 atom stereocenters. The molecule has 0 amide bonds. The van der Waals surface area contributed by atoms with Gasteiger partial charge in [-0.25, -0.2) is 8.78 Å². The van der Waals surface area contributed by atoms with Crippen LogP contribution in [0.3, 0.4) is 0 Å². The van der Waals surface area contributed by atoms with Crippen LogP contribution in [0.5, 0.6) is 0 Å². The van der Waals surface area contributed by atoms with Crippen LogP contribution in [0.2, 0.25) is 0 Å². The van der Waals surface area contributed by atoms with Crippen LogP contribution in [0, 0.1) is 17.6 Å². The minimum absolute atomic E-state index is 0.0258. The summed E-state index contributed by atoms with van der Waals surface area (Å²) in [7, 11) is 0. The fraction of sp³-hybridized carbons (Fsp3) is 0.440. The average molecular weight is 470 g/mol. The zero-order valence-corrected chi connectivity index (χ0v) is 18.1. The van der Waals surface area contributed by atoms with Crippen molar-refractivity contribution in [3.8, 4) is 11.1 Å². The maximum Gasteiger partial charge on any atom is 0.343 e. The van der Waals surface area contributed by atoms with Gasteiger partial charge in [-0.05, 0) is 36.0 Å². The molecule has 2 nitrogen and oxygen atoms in total. The maximum absolute atomic E-state index is 15.4. The molecule has 1 saturated heterocycles. The van der Waals surface area contributed by atoms with Crippen molar-refractivity contribution in [3.05, 3.63) is 70.8 Å². The summed E-state index contributed by atoms with van der Waals surface area (Å²) in [5.74, 6) is -12.8. The standard InChI is InChI=1S/C25H24F6O2/c1-3-5-7-14-12-32-23(33-13-14)18-11-10-17-16-9-8-15(6-4-2)21(26)19(16)24(28,29)25(30,31)20(17)22(18)27/h3,8-11,14,23H,1,4-7,12-13H2,2H3. The highest BCUT2D eigenvalue weighted by molar-refractivity contribution is 5.77. The number of ether oxygens (including phenoxy) is 2. The molecule has 0 bridgehead atoms. The number of fused-ring (bicyclic) bond motifs is 3. The largest absolute Gasteiger partial charge is 0.348 e. The molecule has 178 valence electrons. The van der Waals surface area contributed by atoms with Gasteiger partial charge in [-0.2, -0.15) is 17.6 Å². The van der Waals surface area contributed by atoms with Crippen molar-refractivity contribution >= 4 is 0 Å².